The summed E-state index contributed by atoms with van der Waals surface area (Å²) in [5.74, 6) is 1.51. The van der Waals surface area contributed by atoms with Crippen LogP contribution in [0.15, 0.2) is 18.2 Å². The van der Waals surface area contributed by atoms with E-state index < -0.39 is 0 Å². The van der Waals surface area contributed by atoms with Gasteiger partial charge in [-0.1, -0.05) is 31.5 Å². The van der Waals surface area contributed by atoms with Crippen molar-refractivity contribution in [3.8, 4) is 0 Å². The number of piperidine rings is 1. The van der Waals surface area contributed by atoms with Crippen LogP contribution in [0.5, 0.6) is 0 Å². The molecule has 2 nitrogen and oxygen atoms in total. The minimum Gasteiger partial charge on any atom is -0.370 e. The second-order valence-electron chi connectivity index (χ2n) is 6.79. The van der Waals surface area contributed by atoms with Gasteiger partial charge in [-0.3, -0.25) is 0 Å². The molecule has 0 aromatic heterocycles. The molecule has 1 heterocycles. The second kappa shape index (κ2) is 5.95. The number of hydrogen-bond donors (Lipinski definition) is 1. The molecule has 1 aromatic rings. The van der Waals surface area contributed by atoms with Gasteiger partial charge in [-0.15, -0.1) is 0 Å². The lowest BCUT2D eigenvalue weighted by Crippen LogP contribution is -2.38. The van der Waals surface area contributed by atoms with E-state index in [1.165, 1.54) is 30.5 Å². The summed E-state index contributed by atoms with van der Waals surface area (Å²) in [5.41, 5.74) is 2.50. The fourth-order valence-corrected chi connectivity index (χ4v) is 3.65. The largest absolute Gasteiger partial charge is 0.370 e. The van der Waals surface area contributed by atoms with Crippen molar-refractivity contribution in [3.05, 3.63) is 28.8 Å². The molecule has 0 spiro atoms. The Kier molecular flexibility index (Phi) is 4.23. The number of hydrogen-bond acceptors (Lipinski definition) is 2. The summed E-state index contributed by atoms with van der Waals surface area (Å²) in [5, 5.41) is 4.45. The number of rotatable bonds is 4. The van der Waals surface area contributed by atoms with Gasteiger partial charge in [-0.25, -0.2) is 0 Å². The zero-order valence-corrected chi connectivity index (χ0v) is 13.3. The molecule has 20 heavy (non-hydrogen) atoms. The third-order valence-corrected chi connectivity index (χ3v) is 4.70. The van der Waals surface area contributed by atoms with Crippen molar-refractivity contribution in [1.29, 1.82) is 0 Å². The third kappa shape index (κ3) is 3.48. The molecule has 1 saturated carbocycles. The normalized spacial score (nSPS) is 26.9. The Balaban J connectivity index is 1.69. The van der Waals surface area contributed by atoms with E-state index in [1.54, 1.807) is 0 Å². The first-order valence-electron chi connectivity index (χ1n) is 7.88. The van der Waals surface area contributed by atoms with Gasteiger partial charge in [0.2, 0.25) is 0 Å². The van der Waals surface area contributed by atoms with Crippen molar-refractivity contribution < 1.29 is 0 Å². The summed E-state index contributed by atoms with van der Waals surface area (Å²) in [6.45, 7) is 7.87. The predicted octanol–water partition coefficient (Wildman–Crippen LogP) is 4.07. The summed E-state index contributed by atoms with van der Waals surface area (Å²) in [6.07, 6.45) is 3.99. The summed E-state index contributed by atoms with van der Waals surface area (Å²) in [6, 6.07) is 7.31. The van der Waals surface area contributed by atoms with Crippen LogP contribution < -0.4 is 10.2 Å². The van der Waals surface area contributed by atoms with Gasteiger partial charge in [0.15, 0.2) is 0 Å². The molecule has 2 fully saturated rings. The van der Waals surface area contributed by atoms with E-state index in [-0.39, 0.29) is 0 Å². The van der Waals surface area contributed by atoms with E-state index in [4.69, 9.17) is 11.6 Å². The van der Waals surface area contributed by atoms with E-state index in [2.05, 4.69) is 42.3 Å². The molecule has 110 valence electrons. The standard InChI is InChI=1S/C17H25ClN2/c1-12-7-13(2)11-20(10-12)17-6-3-14(8-16(17)18)9-19-15-4-5-15/h3,6,8,12-13,15,19H,4-5,7,9-11H2,1-2H3. The maximum absolute atomic E-state index is 6.52. The van der Waals surface area contributed by atoms with Crippen LogP contribution in [0.3, 0.4) is 0 Å². The topological polar surface area (TPSA) is 15.3 Å². The van der Waals surface area contributed by atoms with Crippen LogP contribution >= 0.6 is 11.6 Å². The number of anilines is 1. The van der Waals surface area contributed by atoms with Crippen LogP contribution in [-0.4, -0.2) is 19.1 Å². The van der Waals surface area contributed by atoms with Gasteiger partial charge < -0.3 is 10.2 Å². The highest BCUT2D eigenvalue weighted by molar-refractivity contribution is 6.33. The summed E-state index contributed by atoms with van der Waals surface area (Å²) >= 11 is 6.52. The minimum atomic E-state index is 0.747. The highest BCUT2D eigenvalue weighted by Gasteiger charge is 2.24. The van der Waals surface area contributed by atoms with Gasteiger partial charge in [-0.05, 0) is 48.8 Å². The molecule has 2 aliphatic rings. The molecule has 3 rings (SSSR count). The fraction of sp³-hybridized carbons (Fsp3) is 0.647. The Morgan fingerprint density at radius 1 is 1.20 bits per heavy atom. The van der Waals surface area contributed by atoms with Gasteiger partial charge in [0.1, 0.15) is 0 Å². The molecule has 0 amide bonds. The number of benzene rings is 1. The van der Waals surface area contributed by atoms with Crippen LogP contribution in [-0.2, 0) is 6.54 Å². The molecule has 2 unspecified atom stereocenters. The average Bonchev–Trinajstić information content (AvgIpc) is 3.19. The Labute approximate surface area is 127 Å². The summed E-state index contributed by atoms with van der Waals surface area (Å²) in [7, 11) is 0. The fourth-order valence-electron chi connectivity index (χ4n) is 3.33. The molecule has 0 bridgehead atoms. The van der Waals surface area contributed by atoms with Crippen molar-refractivity contribution in [1.82, 2.24) is 5.32 Å². The SMILES string of the molecule is CC1CC(C)CN(c2ccc(CNC3CC3)cc2Cl)C1. The van der Waals surface area contributed by atoms with Crippen LogP contribution in [0.2, 0.25) is 5.02 Å². The smallest absolute Gasteiger partial charge is 0.0642 e. The Morgan fingerprint density at radius 2 is 1.90 bits per heavy atom. The van der Waals surface area contributed by atoms with Gasteiger partial charge >= 0.3 is 0 Å². The lowest BCUT2D eigenvalue weighted by molar-refractivity contribution is 0.357. The Hall–Kier alpha value is -0.730. The minimum absolute atomic E-state index is 0.747. The molecule has 1 aromatic carbocycles. The lowest BCUT2D eigenvalue weighted by Gasteiger charge is -2.37. The van der Waals surface area contributed by atoms with E-state index in [0.29, 0.717) is 0 Å². The maximum atomic E-state index is 6.52. The molecule has 1 saturated heterocycles. The van der Waals surface area contributed by atoms with Crippen LogP contribution in [0.4, 0.5) is 5.69 Å². The van der Waals surface area contributed by atoms with Crippen molar-refractivity contribution in [3.63, 3.8) is 0 Å². The molecule has 3 heteroatoms. The van der Waals surface area contributed by atoms with Crippen LogP contribution in [0, 0.1) is 11.8 Å². The molecule has 1 N–H and O–H groups in total. The molecular formula is C17H25ClN2. The first-order chi connectivity index (χ1) is 9.61. The van der Waals surface area contributed by atoms with Crippen molar-refractivity contribution in [2.24, 2.45) is 11.8 Å². The number of halogens is 1. The second-order valence-corrected chi connectivity index (χ2v) is 7.20. The lowest BCUT2D eigenvalue weighted by atomic mass is 9.91. The third-order valence-electron chi connectivity index (χ3n) is 4.39. The predicted molar refractivity (Wildman–Crippen MR) is 86.5 cm³/mol. The van der Waals surface area contributed by atoms with Crippen molar-refractivity contribution in [2.45, 2.75) is 45.7 Å². The first kappa shape index (κ1) is 14.2. The van der Waals surface area contributed by atoms with Gasteiger partial charge in [0.25, 0.3) is 0 Å². The van der Waals surface area contributed by atoms with Gasteiger partial charge in [0, 0.05) is 25.7 Å². The molecule has 1 aliphatic heterocycles. The number of nitrogens with one attached hydrogen (secondary N) is 1. The van der Waals surface area contributed by atoms with E-state index >= 15 is 0 Å². The molecular weight excluding hydrogens is 268 g/mol. The maximum Gasteiger partial charge on any atom is 0.0642 e. The van der Waals surface area contributed by atoms with Crippen LogP contribution in [0.1, 0.15) is 38.7 Å². The Morgan fingerprint density at radius 3 is 2.50 bits per heavy atom. The van der Waals surface area contributed by atoms with E-state index in [1.807, 2.05) is 0 Å². The van der Waals surface area contributed by atoms with E-state index in [9.17, 15) is 0 Å². The average molecular weight is 293 g/mol. The molecule has 2 atom stereocenters. The van der Waals surface area contributed by atoms with E-state index in [0.717, 1.165) is 42.5 Å². The van der Waals surface area contributed by atoms with Crippen molar-refractivity contribution in [2.75, 3.05) is 18.0 Å². The summed E-state index contributed by atoms with van der Waals surface area (Å²) < 4.78 is 0. The van der Waals surface area contributed by atoms with Crippen LogP contribution in [0.25, 0.3) is 0 Å². The highest BCUT2D eigenvalue weighted by atomic mass is 35.5. The number of nitrogens with zero attached hydrogens (tertiary/aromatic N) is 1. The zero-order chi connectivity index (χ0) is 14.1. The molecule has 1 aliphatic carbocycles. The molecule has 0 radical (unpaired) electrons. The monoisotopic (exact) mass is 292 g/mol. The zero-order valence-electron chi connectivity index (χ0n) is 12.5. The Bertz CT molecular complexity index is 460. The van der Waals surface area contributed by atoms with Crippen molar-refractivity contribution >= 4 is 17.3 Å². The highest BCUT2D eigenvalue weighted by Crippen LogP contribution is 2.32. The summed E-state index contributed by atoms with van der Waals surface area (Å²) in [4.78, 5) is 2.46. The van der Waals surface area contributed by atoms with Gasteiger partial charge in [-0.2, -0.15) is 0 Å². The quantitative estimate of drug-likeness (QED) is 0.900. The van der Waals surface area contributed by atoms with Gasteiger partial charge in [0.05, 0.1) is 10.7 Å². The first-order valence-corrected chi connectivity index (χ1v) is 8.26.